The molecule has 2 bridgehead atoms. The third kappa shape index (κ3) is 1.76. The molecule has 2 aliphatic carbocycles. The predicted octanol–water partition coefficient (Wildman–Crippen LogP) is 5.05. The highest BCUT2D eigenvalue weighted by atomic mass is 16.5. The first kappa shape index (κ1) is 14.6. The molecule has 2 aliphatic heterocycles. The Morgan fingerprint density at radius 3 is 2.73 bits per heavy atom. The van der Waals surface area contributed by atoms with Gasteiger partial charge in [0, 0.05) is 5.41 Å². The maximum Gasteiger partial charge on any atom is 0.119 e. The summed E-state index contributed by atoms with van der Waals surface area (Å²) in [5.41, 5.74) is 4.35. The summed E-state index contributed by atoms with van der Waals surface area (Å²) in [6, 6.07) is 4.33. The lowest BCUT2D eigenvalue weighted by atomic mass is 9.48. The highest BCUT2D eigenvalue weighted by Gasteiger charge is 2.58. The number of hydrogen-bond acceptors (Lipinski definition) is 2. The standard InChI is InChI=1S/C20H28O2/c1-12(2)13-8-14-15(9-16(13)21)20-7-5-6-19(3,4)18(20)10-17(14)22-11-20/h8-9,12,17-18,21H,5-7,10-11H2,1-4H3. The number of ether oxygens (including phenoxy) is 1. The number of phenols is 1. The van der Waals surface area contributed by atoms with Crippen LogP contribution in [0.15, 0.2) is 12.1 Å². The molecule has 1 saturated carbocycles. The number of hydrogen-bond donors (Lipinski definition) is 1. The molecule has 2 nitrogen and oxygen atoms in total. The van der Waals surface area contributed by atoms with Gasteiger partial charge < -0.3 is 9.84 Å². The van der Waals surface area contributed by atoms with Crippen LogP contribution in [0.25, 0.3) is 0 Å². The Morgan fingerprint density at radius 2 is 2.00 bits per heavy atom. The summed E-state index contributed by atoms with van der Waals surface area (Å²) in [4.78, 5) is 0. The summed E-state index contributed by atoms with van der Waals surface area (Å²) in [6.07, 6.45) is 5.18. The van der Waals surface area contributed by atoms with Crippen molar-refractivity contribution in [1.82, 2.24) is 0 Å². The van der Waals surface area contributed by atoms with Crippen LogP contribution >= 0.6 is 0 Å². The van der Waals surface area contributed by atoms with E-state index < -0.39 is 0 Å². The second-order valence-electron chi connectivity index (χ2n) is 8.74. The van der Waals surface area contributed by atoms with Gasteiger partial charge in [-0.05, 0) is 65.3 Å². The van der Waals surface area contributed by atoms with Gasteiger partial charge in [-0.1, -0.05) is 34.1 Å². The van der Waals surface area contributed by atoms with Crippen LogP contribution in [0.5, 0.6) is 5.75 Å². The van der Waals surface area contributed by atoms with Crippen LogP contribution < -0.4 is 0 Å². The van der Waals surface area contributed by atoms with E-state index in [4.69, 9.17) is 4.74 Å². The highest BCUT2D eigenvalue weighted by molar-refractivity contribution is 5.51. The first-order chi connectivity index (χ1) is 10.3. The van der Waals surface area contributed by atoms with Crippen LogP contribution in [0.2, 0.25) is 0 Å². The van der Waals surface area contributed by atoms with Crippen molar-refractivity contribution in [2.24, 2.45) is 11.3 Å². The van der Waals surface area contributed by atoms with Crippen molar-refractivity contribution in [3.63, 3.8) is 0 Å². The van der Waals surface area contributed by atoms with Gasteiger partial charge in [0.25, 0.3) is 0 Å². The number of benzene rings is 1. The van der Waals surface area contributed by atoms with E-state index >= 15 is 0 Å². The number of fused-ring (bicyclic) bond motifs is 1. The third-order valence-electron chi connectivity index (χ3n) is 6.75. The molecule has 1 saturated heterocycles. The molecule has 0 aromatic heterocycles. The average Bonchev–Trinajstić information content (AvgIpc) is 2.46. The Balaban J connectivity index is 1.91. The molecule has 4 aliphatic rings. The molecular formula is C20H28O2. The molecule has 1 aromatic rings. The van der Waals surface area contributed by atoms with E-state index in [1.165, 1.54) is 30.4 Å². The van der Waals surface area contributed by atoms with Gasteiger partial charge in [0.15, 0.2) is 0 Å². The van der Waals surface area contributed by atoms with E-state index in [2.05, 4.69) is 39.8 Å². The minimum atomic E-state index is 0.138. The van der Waals surface area contributed by atoms with Crippen molar-refractivity contribution in [2.45, 2.75) is 70.8 Å². The summed E-state index contributed by atoms with van der Waals surface area (Å²) < 4.78 is 6.25. The fraction of sp³-hybridized carbons (Fsp3) is 0.700. The molecule has 1 N–H and O–H groups in total. The third-order valence-corrected chi connectivity index (χ3v) is 6.75. The average molecular weight is 300 g/mol. The van der Waals surface area contributed by atoms with Gasteiger partial charge in [-0.2, -0.15) is 0 Å². The monoisotopic (exact) mass is 300 g/mol. The van der Waals surface area contributed by atoms with E-state index in [0.29, 0.717) is 23.0 Å². The quantitative estimate of drug-likeness (QED) is 0.786. The van der Waals surface area contributed by atoms with Gasteiger partial charge in [-0.15, -0.1) is 0 Å². The number of rotatable bonds is 1. The van der Waals surface area contributed by atoms with Gasteiger partial charge in [-0.3, -0.25) is 0 Å². The van der Waals surface area contributed by atoms with E-state index in [9.17, 15) is 5.11 Å². The zero-order valence-corrected chi connectivity index (χ0v) is 14.3. The van der Waals surface area contributed by atoms with Gasteiger partial charge in [0.2, 0.25) is 0 Å². The van der Waals surface area contributed by atoms with Crippen LogP contribution in [-0.2, 0) is 10.2 Å². The summed E-state index contributed by atoms with van der Waals surface area (Å²) in [5.74, 6) is 1.52. The Bertz CT molecular complexity index is 616. The smallest absolute Gasteiger partial charge is 0.119 e. The Labute approximate surface area is 133 Å². The van der Waals surface area contributed by atoms with E-state index in [0.717, 1.165) is 18.6 Å². The van der Waals surface area contributed by atoms with E-state index in [-0.39, 0.29) is 11.5 Å². The molecule has 2 fully saturated rings. The molecule has 5 rings (SSSR count). The Morgan fingerprint density at radius 1 is 1.23 bits per heavy atom. The second-order valence-corrected chi connectivity index (χ2v) is 8.74. The Hall–Kier alpha value is -1.02. The first-order valence-electron chi connectivity index (χ1n) is 8.84. The lowest BCUT2D eigenvalue weighted by molar-refractivity contribution is -0.136. The molecule has 2 heteroatoms. The van der Waals surface area contributed by atoms with Crippen LogP contribution in [0, 0.1) is 11.3 Å². The fourth-order valence-corrected chi connectivity index (χ4v) is 5.60. The van der Waals surface area contributed by atoms with E-state index in [1.54, 1.807) is 0 Å². The number of aromatic hydroxyl groups is 1. The molecule has 3 atom stereocenters. The van der Waals surface area contributed by atoms with Gasteiger partial charge in [-0.25, -0.2) is 0 Å². The first-order valence-corrected chi connectivity index (χ1v) is 8.84. The summed E-state index contributed by atoms with van der Waals surface area (Å²) in [5, 5.41) is 10.5. The SMILES string of the molecule is CC(C)c1cc2c(cc1O)C13CCCC(C)(C)C1CC2OC3. The van der Waals surface area contributed by atoms with Crippen LogP contribution in [-0.4, -0.2) is 11.7 Å². The normalized spacial score (nSPS) is 35.3. The van der Waals surface area contributed by atoms with Crippen molar-refractivity contribution in [3.05, 3.63) is 28.8 Å². The van der Waals surface area contributed by atoms with Crippen LogP contribution in [0.3, 0.4) is 0 Å². The van der Waals surface area contributed by atoms with Crippen molar-refractivity contribution >= 4 is 0 Å². The fourth-order valence-electron chi connectivity index (χ4n) is 5.60. The molecule has 0 radical (unpaired) electrons. The summed E-state index contributed by atoms with van der Waals surface area (Å²) in [7, 11) is 0. The van der Waals surface area contributed by atoms with Gasteiger partial charge >= 0.3 is 0 Å². The van der Waals surface area contributed by atoms with Gasteiger partial charge in [0.05, 0.1) is 12.7 Å². The topological polar surface area (TPSA) is 29.5 Å². The summed E-state index contributed by atoms with van der Waals surface area (Å²) in [6.45, 7) is 10.0. The van der Waals surface area contributed by atoms with Crippen molar-refractivity contribution in [1.29, 1.82) is 0 Å². The molecule has 0 amide bonds. The van der Waals surface area contributed by atoms with Crippen molar-refractivity contribution in [3.8, 4) is 5.75 Å². The minimum Gasteiger partial charge on any atom is -0.508 e. The molecule has 3 unspecified atom stereocenters. The van der Waals surface area contributed by atoms with Crippen molar-refractivity contribution in [2.75, 3.05) is 6.61 Å². The van der Waals surface area contributed by atoms with Crippen LogP contribution in [0.4, 0.5) is 0 Å². The minimum absolute atomic E-state index is 0.138. The summed E-state index contributed by atoms with van der Waals surface area (Å²) >= 11 is 0. The molecular weight excluding hydrogens is 272 g/mol. The Kier molecular flexibility index (Phi) is 2.98. The molecule has 1 spiro atoms. The lowest BCUT2D eigenvalue weighted by Crippen LogP contribution is -2.56. The highest BCUT2D eigenvalue weighted by Crippen LogP contribution is 2.63. The number of phenolic OH excluding ortho intramolecular Hbond substituents is 1. The van der Waals surface area contributed by atoms with Gasteiger partial charge in [0.1, 0.15) is 5.75 Å². The molecule has 2 heterocycles. The largest absolute Gasteiger partial charge is 0.508 e. The zero-order chi connectivity index (χ0) is 15.7. The predicted molar refractivity (Wildman–Crippen MR) is 88.3 cm³/mol. The molecule has 22 heavy (non-hydrogen) atoms. The maximum atomic E-state index is 10.5. The second kappa shape index (κ2) is 4.50. The molecule has 120 valence electrons. The van der Waals surface area contributed by atoms with E-state index in [1.807, 2.05) is 0 Å². The van der Waals surface area contributed by atoms with Crippen LogP contribution in [0.1, 0.15) is 82.1 Å². The lowest BCUT2D eigenvalue weighted by Gasteiger charge is -2.60. The molecule has 1 aromatic carbocycles. The van der Waals surface area contributed by atoms with Crippen molar-refractivity contribution < 1.29 is 9.84 Å². The zero-order valence-electron chi connectivity index (χ0n) is 14.3. The maximum absolute atomic E-state index is 10.5.